The smallest absolute Gasteiger partial charge is 0.319 e. The number of carbonyl (C=O) groups excluding carboxylic acids is 1. The molecule has 0 saturated carbocycles. The van der Waals surface area contributed by atoms with E-state index in [1.165, 1.54) is 23.1 Å². The molecule has 1 aromatic carbocycles. The van der Waals surface area contributed by atoms with Gasteiger partial charge in [0.25, 0.3) is 5.95 Å². The number of carbonyl (C=O) groups is 1. The first kappa shape index (κ1) is 23.7. The van der Waals surface area contributed by atoms with Gasteiger partial charge in [0.05, 0.1) is 21.8 Å². The van der Waals surface area contributed by atoms with Gasteiger partial charge in [-0.05, 0) is 36.8 Å². The van der Waals surface area contributed by atoms with Crippen LogP contribution in [-0.2, 0) is 6.61 Å². The average molecular weight is 520 g/mol. The molecule has 2 N–H and O–H groups in total. The topological polar surface area (TPSA) is 120 Å². The van der Waals surface area contributed by atoms with Crippen LogP contribution in [0.1, 0.15) is 24.4 Å². The van der Waals surface area contributed by atoms with E-state index in [1.54, 1.807) is 43.7 Å². The molecular weight excluding hydrogens is 503 g/mol. The Morgan fingerprint density at radius 2 is 1.85 bits per heavy atom. The third-order valence-electron chi connectivity index (χ3n) is 4.51. The lowest BCUT2D eigenvalue weighted by atomic mass is 10.2. The molecule has 3 aromatic heterocycles. The van der Waals surface area contributed by atoms with Gasteiger partial charge in [0.2, 0.25) is 0 Å². The summed E-state index contributed by atoms with van der Waals surface area (Å²) in [6.45, 7) is 1.95. The number of anilines is 1. The van der Waals surface area contributed by atoms with Crippen molar-refractivity contribution in [1.29, 1.82) is 0 Å². The van der Waals surface area contributed by atoms with Crippen LogP contribution in [-0.4, -0.2) is 35.7 Å². The van der Waals surface area contributed by atoms with Crippen molar-refractivity contribution in [2.45, 2.75) is 19.6 Å². The van der Waals surface area contributed by atoms with Crippen LogP contribution < -0.4 is 15.4 Å². The van der Waals surface area contributed by atoms with E-state index in [0.717, 1.165) is 5.56 Å². The molecule has 0 bridgehead atoms. The summed E-state index contributed by atoms with van der Waals surface area (Å²) in [5.41, 5.74) is 1.12. The minimum absolute atomic E-state index is 0.198. The minimum atomic E-state index is -0.524. The first-order valence-electron chi connectivity index (χ1n) is 9.88. The van der Waals surface area contributed by atoms with E-state index < -0.39 is 12.1 Å². The fraction of sp³-hybridized carbons (Fsp3) is 0.143. The normalized spacial score (nSPS) is 11.6. The summed E-state index contributed by atoms with van der Waals surface area (Å²) >= 11 is 18.4. The predicted molar refractivity (Wildman–Crippen MR) is 128 cm³/mol. The molecule has 4 rings (SSSR count). The van der Waals surface area contributed by atoms with Crippen molar-refractivity contribution in [1.82, 2.24) is 35.0 Å². The van der Waals surface area contributed by atoms with Crippen LogP contribution in [0.25, 0.3) is 5.95 Å². The number of amides is 2. The van der Waals surface area contributed by atoms with Gasteiger partial charge in [-0.15, -0.1) is 0 Å². The predicted octanol–water partition coefficient (Wildman–Crippen LogP) is 4.87. The lowest BCUT2D eigenvalue weighted by molar-refractivity contribution is 0.248. The van der Waals surface area contributed by atoms with Gasteiger partial charge in [0.1, 0.15) is 23.8 Å². The number of pyridine rings is 1. The maximum absolute atomic E-state index is 12.7. The third-order valence-corrected chi connectivity index (χ3v) is 5.32. The van der Waals surface area contributed by atoms with E-state index in [4.69, 9.17) is 39.5 Å². The highest BCUT2D eigenvalue weighted by Crippen LogP contribution is 2.35. The molecule has 3 heterocycles. The molecule has 0 fully saturated rings. The zero-order valence-electron chi connectivity index (χ0n) is 17.6. The summed E-state index contributed by atoms with van der Waals surface area (Å²) in [6.07, 6.45) is 6.11. The number of aromatic nitrogens is 6. The zero-order chi connectivity index (χ0) is 24.1. The van der Waals surface area contributed by atoms with E-state index in [-0.39, 0.29) is 11.6 Å². The highest BCUT2D eigenvalue weighted by molar-refractivity contribution is 6.37. The van der Waals surface area contributed by atoms with Gasteiger partial charge in [0, 0.05) is 24.7 Å². The van der Waals surface area contributed by atoms with Gasteiger partial charge in [-0.2, -0.15) is 9.78 Å². The van der Waals surface area contributed by atoms with Gasteiger partial charge in [-0.25, -0.2) is 24.7 Å². The van der Waals surface area contributed by atoms with Gasteiger partial charge in [0.15, 0.2) is 5.82 Å². The van der Waals surface area contributed by atoms with Crippen molar-refractivity contribution in [2.75, 3.05) is 5.32 Å². The Kier molecular flexibility index (Phi) is 7.41. The number of urea groups is 1. The molecule has 34 heavy (non-hydrogen) atoms. The molecule has 0 aliphatic rings. The van der Waals surface area contributed by atoms with Crippen LogP contribution in [0.15, 0.2) is 55.2 Å². The van der Waals surface area contributed by atoms with Crippen LogP contribution in [0.3, 0.4) is 0 Å². The van der Waals surface area contributed by atoms with Crippen molar-refractivity contribution in [3.63, 3.8) is 0 Å². The van der Waals surface area contributed by atoms with Crippen LogP contribution in [0.4, 0.5) is 10.5 Å². The zero-order valence-corrected chi connectivity index (χ0v) is 19.9. The molecule has 2 amide bonds. The Morgan fingerprint density at radius 1 is 1.06 bits per heavy atom. The second kappa shape index (κ2) is 10.6. The van der Waals surface area contributed by atoms with Gasteiger partial charge in [-0.1, -0.05) is 34.8 Å². The Morgan fingerprint density at radius 3 is 2.62 bits per heavy atom. The third kappa shape index (κ3) is 5.71. The quantitative estimate of drug-likeness (QED) is 0.334. The lowest BCUT2D eigenvalue weighted by Crippen LogP contribution is -2.32. The first-order valence-corrected chi connectivity index (χ1v) is 11.0. The summed E-state index contributed by atoms with van der Waals surface area (Å²) in [4.78, 5) is 29.1. The second-order valence-electron chi connectivity index (χ2n) is 6.94. The molecule has 0 saturated heterocycles. The summed E-state index contributed by atoms with van der Waals surface area (Å²) < 4.78 is 7.22. The van der Waals surface area contributed by atoms with Crippen molar-refractivity contribution in [3.8, 4) is 11.7 Å². The number of nitrogens with one attached hydrogen (secondary N) is 2. The molecule has 0 unspecified atom stereocenters. The van der Waals surface area contributed by atoms with E-state index in [1.807, 2.05) is 0 Å². The SMILES string of the molecule is C[C@H](NC(=O)Nc1cc(OCc2ccnc(Cl)c2)c(Cl)cc1Cl)c1ncnn1-c1ncccn1. The Balaban J connectivity index is 1.44. The fourth-order valence-electron chi connectivity index (χ4n) is 2.95. The number of halogens is 3. The molecular formula is C21H17Cl3N8O2. The maximum atomic E-state index is 12.7. The average Bonchev–Trinajstić information content (AvgIpc) is 3.31. The molecule has 174 valence electrons. The highest BCUT2D eigenvalue weighted by Gasteiger charge is 2.19. The van der Waals surface area contributed by atoms with Gasteiger partial charge >= 0.3 is 6.03 Å². The maximum Gasteiger partial charge on any atom is 0.319 e. The number of nitrogens with zero attached hydrogens (tertiary/aromatic N) is 6. The molecule has 10 nitrogen and oxygen atoms in total. The van der Waals surface area contributed by atoms with E-state index >= 15 is 0 Å². The molecule has 0 radical (unpaired) electrons. The first-order chi connectivity index (χ1) is 16.4. The minimum Gasteiger partial charge on any atom is -0.487 e. The molecule has 1 atom stereocenters. The van der Waals surface area contributed by atoms with Crippen LogP contribution in [0.2, 0.25) is 15.2 Å². The van der Waals surface area contributed by atoms with Crippen molar-refractivity contribution >= 4 is 46.5 Å². The number of hydrogen-bond donors (Lipinski definition) is 2. The van der Waals surface area contributed by atoms with Crippen molar-refractivity contribution in [3.05, 3.63) is 81.8 Å². The summed E-state index contributed by atoms with van der Waals surface area (Å²) in [7, 11) is 0. The summed E-state index contributed by atoms with van der Waals surface area (Å²) in [6, 6.07) is 7.12. The largest absolute Gasteiger partial charge is 0.487 e. The number of hydrogen-bond acceptors (Lipinski definition) is 7. The van der Waals surface area contributed by atoms with Gasteiger partial charge in [-0.3, -0.25) is 0 Å². The summed E-state index contributed by atoms with van der Waals surface area (Å²) in [5, 5.41) is 10.5. The fourth-order valence-corrected chi connectivity index (χ4v) is 3.63. The monoisotopic (exact) mass is 518 g/mol. The van der Waals surface area contributed by atoms with Crippen LogP contribution >= 0.6 is 34.8 Å². The van der Waals surface area contributed by atoms with Crippen molar-refractivity contribution < 1.29 is 9.53 Å². The molecule has 0 aliphatic carbocycles. The highest BCUT2D eigenvalue weighted by atomic mass is 35.5. The molecule has 13 heteroatoms. The molecule has 4 aromatic rings. The Hall–Kier alpha value is -3.47. The number of benzene rings is 1. The Labute approximate surface area is 209 Å². The van der Waals surface area contributed by atoms with Gasteiger partial charge < -0.3 is 15.4 Å². The Bertz CT molecular complexity index is 1300. The van der Waals surface area contributed by atoms with Crippen LogP contribution in [0.5, 0.6) is 5.75 Å². The van der Waals surface area contributed by atoms with Crippen molar-refractivity contribution in [2.24, 2.45) is 0 Å². The standard InChI is InChI=1S/C21H17Cl3N8O2/c1-12(19-28-11-29-32(19)20-26-4-2-5-27-20)30-21(33)31-16-9-17(15(23)8-14(16)22)34-10-13-3-6-25-18(24)7-13/h2-9,11-12H,10H2,1H3,(H2,30,31,33)/t12-/m0/s1. The number of ether oxygens (including phenoxy) is 1. The second-order valence-corrected chi connectivity index (χ2v) is 8.14. The summed E-state index contributed by atoms with van der Waals surface area (Å²) in [5.74, 6) is 1.12. The van der Waals surface area contributed by atoms with E-state index in [9.17, 15) is 4.79 Å². The molecule has 0 aliphatic heterocycles. The lowest BCUT2D eigenvalue weighted by Gasteiger charge is -2.16. The van der Waals surface area contributed by atoms with E-state index in [2.05, 4.69) is 35.7 Å². The number of rotatable bonds is 7. The molecule has 0 spiro atoms. The van der Waals surface area contributed by atoms with E-state index in [0.29, 0.717) is 33.4 Å². The van der Waals surface area contributed by atoms with Crippen LogP contribution in [0, 0.1) is 0 Å².